The summed E-state index contributed by atoms with van der Waals surface area (Å²) in [7, 11) is -3.01. The Hall–Kier alpha value is -1.18. The second kappa shape index (κ2) is 12.5. The maximum atomic E-state index is 11.8. The van der Waals surface area contributed by atoms with Crippen molar-refractivity contribution in [2.75, 3.05) is 12.0 Å². The average molecular weight is 431 g/mol. The maximum Gasteiger partial charge on any atom is 0.364 e. The van der Waals surface area contributed by atoms with Crippen LogP contribution in [-0.2, 0) is 14.6 Å². The lowest BCUT2D eigenvalue weighted by Gasteiger charge is -2.23. The molecule has 1 aliphatic carbocycles. The number of allylic oxidation sites excluding steroid dienone is 4. The summed E-state index contributed by atoms with van der Waals surface area (Å²) in [6.45, 7) is 2.17. The summed E-state index contributed by atoms with van der Waals surface area (Å²) < 4.78 is 23.6. The van der Waals surface area contributed by atoms with E-state index in [0.717, 1.165) is 38.5 Å². The number of hydrogen-bond acceptors (Lipinski definition) is 5. The van der Waals surface area contributed by atoms with Gasteiger partial charge in [0.1, 0.15) is 9.84 Å². The van der Waals surface area contributed by atoms with E-state index in [2.05, 4.69) is 19.1 Å². The third kappa shape index (κ3) is 10.4. The second-order valence-electron chi connectivity index (χ2n) is 8.41. The Morgan fingerprint density at radius 2 is 1.66 bits per heavy atom. The minimum atomic E-state index is -3.01. The van der Waals surface area contributed by atoms with Crippen LogP contribution in [0.3, 0.4) is 0 Å². The van der Waals surface area contributed by atoms with Gasteiger partial charge >= 0.3 is 5.97 Å². The number of aliphatic hydroxyl groups is 2. The van der Waals surface area contributed by atoms with Gasteiger partial charge in [-0.2, -0.15) is 0 Å². The molecule has 0 amide bonds. The minimum Gasteiger partial charge on any atom is -0.477 e. The molecule has 0 bridgehead atoms. The minimum absolute atomic E-state index is 0.196. The molecule has 6 nitrogen and oxygen atoms in total. The zero-order valence-corrected chi connectivity index (χ0v) is 18.6. The molecule has 1 saturated carbocycles. The van der Waals surface area contributed by atoms with E-state index in [4.69, 9.17) is 5.11 Å². The zero-order valence-electron chi connectivity index (χ0n) is 17.8. The standard InChI is InChI=1S/C22H38O6S/c1-3-4-5-6-7-10-13-20-18(14-15-19(20)17-29(2,27)28)12-9-8-11-16-22(25,26)21(23)24/h6-9,18-20,25-26H,3-5,10-17H2,1-2H3,(H,23,24)/b7-6+,9-8-/t18-,19-,20+/m0/s1. The molecule has 1 fully saturated rings. The van der Waals surface area contributed by atoms with Crippen LogP contribution in [0.5, 0.6) is 0 Å². The van der Waals surface area contributed by atoms with E-state index in [-0.39, 0.29) is 24.5 Å². The first-order chi connectivity index (χ1) is 13.6. The number of carboxylic acids is 1. The van der Waals surface area contributed by atoms with Crippen molar-refractivity contribution < 1.29 is 28.5 Å². The van der Waals surface area contributed by atoms with Crippen molar-refractivity contribution >= 4 is 15.8 Å². The summed E-state index contributed by atoms with van der Waals surface area (Å²) in [6.07, 6.45) is 17.6. The smallest absolute Gasteiger partial charge is 0.364 e. The number of rotatable bonds is 14. The molecule has 0 unspecified atom stereocenters. The lowest BCUT2D eigenvalue weighted by Crippen LogP contribution is -2.37. The second-order valence-corrected chi connectivity index (χ2v) is 10.6. The van der Waals surface area contributed by atoms with Gasteiger partial charge in [-0.3, -0.25) is 0 Å². The first-order valence-electron chi connectivity index (χ1n) is 10.7. The maximum absolute atomic E-state index is 11.8. The monoisotopic (exact) mass is 430 g/mol. The third-order valence-corrected chi connectivity index (χ3v) is 6.84. The summed E-state index contributed by atoms with van der Waals surface area (Å²) in [5.41, 5.74) is 0. The van der Waals surface area contributed by atoms with Gasteiger partial charge < -0.3 is 15.3 Å². The summed E-state index contributed by atoms with van der Waals surface area (Å²) in [5, 5.41) is 27.3. The van der Waals surface area contributed by atoms with Crippen molar-refractivity contribution in [3.63, 3.8) is 0 Å². The first-order valence-corrected chi connectivity index (χ1v) is 12.8. The largest absolute Gasteiger partial charge is 0.477 e. The number of hydrogen-bond donors (Lipinski definition) is 3. The highest BCUT2D eigenvalue weighted by molar-refractivity contribution is 7.90. The zero-order chi connectivity index (χ0) is 21.9. The molecular formula is C22H38O6S. The van der Waals surface area contributed by atoms with Crippen molar-refractivity contribution in [2.45, 2.75) is 76.9 Å². The molecule has 3 atom stereocenters. The molecule has 3 N–H and O–H groups in total. The Morgan fingerprint density at radius 1 is 1.03 bits per heavy atom. The molecule has 0 aromatic rings. The van der Waals surface area contributed by atoms with Crippen molar-refractivity contribution in [3.05, 3.63) is 24.3 Å². The first kappa shape index (κ1) is 25.9. The summed E-state index contributed by atoms with van der Waals surface area (Å²) in [5.74, 6) is -3.12. The molecular weight excluding hydrogens is 392 g/mol. The Kier molecular flexibility index (Phi) is 11.1. The molecule has 0 aromatic carbocycles. The number of carbonyl (C=O) groups is 1. The molecule has 0 spiro atoms. The van der Waals surface area contributed by atoms with Gasteiger partial charge in [0, 0.05) is 12.7 Å². The summed E-state index contributed by atoms with van der Waals surface area (Å²) >= 11 is 0. The van der Waals surface area contributed by atoms with Gasteiger partial charge in [0.2, 0.25) is 0 Å². The third-order valence-electron chi connectivity index (χ3n) is 5.80. The van der Waals surface area contributed by atoms with Crippen molar-refractivity contribution in [1.29, 1.82) is 0 Å². The van der Waals surface area contributed by atoms with Gasteiger partial charge in [0.25, 0.3) is 5.79 Å². The number of carboxylic acid groups (broad SMARTS) is 1. The molecule has 0 aliphatic heterocycles. The Balaban J connectivity index is 2.59. The van der Waals surface area contributed by atoms with Gasteiger partial charge in [-0.25, -0.2) is 13.2 Å². The molecule has 0 aromatic heterocycles. The lowest BCUT2D eigenvalue weighted by molar-refractivity contribution is -0.205. The normalized spacial score (nSPS) is 23.4. The highest BCUT2D eigenvalue weighted by atomic mass is 32.2. The van der Waals surface area contributed by atoms with Gasteiger partial charge in [-0.1, -0.05) is 44.1 Å². The molecule has 0 saturated heterocycles. The molecule has 1 rings (SSSR count). The Morgan fingerprint density at radius 3 is 2.28 bits per heavy atom. The highest BCUT2D eigenvalue weighted by Crippen LogP contribution is 2.42. The van der Waals surface area contributed by atoms with Crippen LogP contribution in [0, 0.1) is 17.8 Å². The summed E-state index contributed by atoms with van der Waals surface area (Å²) in [4.78, 5) is 10.7. The van der Waals surface area contributed by atoms with E-state index >= 15 is 0 Å². The van der Waals surface area contributed by atoms with E-state index in [1.807, 2.05) is 6.08 Å². The fourth-order valence-corrected chi connectivity index (χ4v) is 5.42. The van der Waals surface area contributed by atoms with Gasteiger partial charge in [0.05, 0.1) is 5.75 Å². The molecule has 1 aliphatic rings. The van der Waals surface area contributed by atoms with E-state index in [1.165, 1.54) is 19.1 Å². The van der Waals surface area contributed by atoms with Crippen LogP contribution in [0.1, 0.15) is 71.1 Å². The number of unbranched alkanes of at least 4 members (excludes halogenated alkanes) is 2. The van der Waals surface area contributed by atoms with Crippen LogP contribution in [-0.4, -0.2) is 47.5 Å². The van der Waals surface area contributed by atoms with Gasteiger partial charge in [0.15, 0.2) is 0 Å². The predicted molar refractivity (Wildman–Crippen MR) is 115 cm³/mol. The molecule has 29 heavy (non-hydrogen) atoms. The van der Waals surface area contributed by atoms with Crippen LogP contribution in [0.2, 0.25) is 0 Å². The van der Waals surface area contributed by atoms with E-state index in [0.29, 0.717) is 11.8 Å². The molecule has 7 heteroatoms. The Bertz CT molecular complexity index is 650. The van der Waals surface area contributed by atoms with Gasteiger partial charge in [-0.05, 0) is 62.7 Å². The fraction of sp³-hybridized carbons (Fsp3) is 0.773. The van der Waals surface area contributed by atoms with Crippen LogP contribution in [0.15, 0.2) is 24.3 Å². The van der Waals surface area contributed by atoms with E-state index in [1.54, 1.807) is 6.08 Å². The van der Waals surface area contributed by atoms with Crippen LogP contribution < -0.4 is 0 Å². The molecule has 0 radical (unpaired) electrons. The summed E-state index contributed by atoms with van der Waals surface area (Å²) in [6, 6.07) is 0. The van der Waals surface area contributed by atoms with Gasteiger partial charge in [-0.15, -0.1) is 0 Å². The molecule has 0 heterocycles. The van der Waals surface area contributed by atoms with E-state index < -0.39 is 21.6 Å². The van der Waals surface area contributed by atoms with E-state index in [9.17, 15) is 23.4 Å². The highest BCUT2D eigenvalue weighted by Gasteiger charge is 2.36. The quantitative estimate of drug-likeness (QED) is 0.220. The predicted octanol–water partition coefficient (Wildman–Crippen LogP) is 3.69. The van der Waals surface area contributed by atoms with Crippen molar-refractivity contribution in [2.24, 2.45) is 17.8 Å². The topological polar surface area (TPSA) is 112 Å². The SMILES string of the molecule is CCCC/C=C/CC[C@@H]1[C@@H](C/C=C\CCC(O)(O)C(=O)O)CC[C@H]1CS(C)(=O)=O. The van der Waals surface area contributed by atoms with Crippen molar-refractivity contribution in [1.82, 2.24) is 0 Å². The van der Waals surface area contributed by atoms with Crippen LogP contribution in [0.25, 0.3) is 0 Å². The lowest BCUT2D eigenvalue weighted by atomic mass is 9.84. The number of aliphatic carboxylic acids is 1. The van der Waals surface area contributed by atoms with Crippen LogP contribution >= 0.6 is 0 Å². The fourth-order valence-electron chi connectivity index (χ4n) is 4.23. The average Bonchev–Trinajstić information content (AvgIpc) is 2.97. The Labute approximate surface area is 175 Å². The van der Waals surface area contributed by atoms with Crippen LogP contribution in [0.4, 0.5) is 0 Å². The van der Waals surface area contributed by atoms with Crippen molar-refractivity contribution in [3.8, 4) is 0 Å². The number of sulfone groups is 1. The molecule has 168 valence electrons.